The molecule has 1 atom stereocenters. The third-order valence-electron chi connectivity index (χ3n) is 14.9. The van der Waals surface area contributed by atoms with Crippen LogP contribution in [0, 0.1) is 0 Å². The van der Waals surface area contributed by atoms with E-state index < -0.39 is 12.1 Å². The predicted octanol–water partition coefficient (Wildman–Crippen LogP) is 8.47. The van der Waals surface area contributed by atoms with Gasteiger partial charge in [0.25, 0.3) is 5.91 Å². The number of aromatic carboxylic acids is 1. The van der Waals surface area contributed by atoms with E-state index in [0.717, 1.165) is 145 Å². The summed E-state index contributed by atoms with van der Waals surface area (Å²) in [7, 11) is 0. The molecule has 5 aromatic carbocycles. The summed E-state index contributed by atoms with van der Waals surface area (Å²) in [6.45, 7) is 6.33. The standard InChI is InChI=1S/C62H67N5O7/c1-2-3-18-43-35-52-56(53-36-44-20-11-12-32-66-33-15-24-50(58(44)66)60(53)74-59(52)49-23-14-29-64-57(43)49)51-37-45(26-27-48(51)62(71)72)61(70)65-31-34-67(39-41-16-7-5-4-6-8-17-41)55(69)28-30-63-38-46(68)40-73-54-25-13-21-42-19-9-10-22-47(42)54/h4-10,13,16-17,19,21-22,25-27,35-37,46,63,68H,2-3,11-12,14-15,18,20,23-24,28-34,38-40H2,1H3,(H,65,70)(H,71,72)/b5-4-,6-4?,7-5?,8-6-,16-7?,17-8?,41-16?,41-17?/t46-/m0/s1. The second kappa shape index (κ2) is 23.3. The van der Waals surface area contributed by atoms with Crippen molar-refractivity contribution in [1.29, 1.82) is 0 Å². The quantitative estimate of drug-likeness (QED) is 0.0586. The Morgan fingerprint density at radius 3 is 2.59 bits per heavy atom. The summed E-state index contributed by atoms with van der Waals surface area (Å²) < 4.78 is 13.2. The van der Waals surface area contributed by atoms with Gasteiger partial charge >= 0.3 is 5.97 Å². The van der Waals surface area contributed by atoms with Crippen LogP contribution in [0.1, 0.15) is 106 Å². The van der Waals surface area contributed by atoms with E-state index in [-0.39, 0.29) is 50.0 Å². The third-order valence-corrected chi connectivity index (χ3v) is 14.9. The lowest BCUT2D eigenvalue weighted by Gasteiger charge is -2.36. The fourth-order valence-corrected chi connectivity index (χ4v) is 11.2. The number of carbonyl (C=O) groups is 3. The number of hydrogen-bond donors (Lipinski definition) is 4. The first-order valence-corrected chi connectivity index (χ1v) is 26.7. The van der Waals surface area contributed by atoms with Gasteiger partial charge in [-0.3, -0.25) is 14.6 Å². The summed E-state index contributed by atoms with van der Waals surface area (Å²) in [5, 5.41) is 31.9. The van der Waals surface area contributed by atoms with Gasteiger partial charge < -0.3 is 40.1 Å². The molecule has 0 bridgehead atoms. The summed E-state index contributed by atoms with van der Waals surface area (Å²) in [6, 6.07) is 23.1. The van der Waals surface area contributed by atoms with Gasteiger partial charge in [0.05, 0.1) is 10.9 Å². The van der Waals surface area contributed by atoms with Gasteiger partial charge in [-0.25, -0.2) is 4.79 Å². The topological polar surface area (TPSA) is 153 Å². The van der Waals surface area contributed by atoms with Crippen molar-refractivity contribution < 1.29 is 34.1 Å². The zero-order chi connectivity index (χ0) is 51.0. The Morgan fingerprint density at radius 2 is 1.70 bits per heavy atom. The molecular weight excluding hydrogens is 927 g/mol. The summed E-state index contributed by atoms with van der Waals surface area (Å²) in [4.78, 5) is 51.1. The largest absolute Gasteiger partial charge is 0.490 e. The number of ether oxygens (including phenoxy) is 2. The SMILES string of the molecule is CCCCc1cc2c(c3c1=NCCC3)Oc1c(cc3c4c1CCCN4CCCC3)C=2c1cc(C(=O)NCCN(CC2=C/C=C\C=C/C=C2)C(=O)CCNC[C@H](O)COc2cccc3ccccc23)ccc1C(=O)O. The van der Waals surface area contributed by atoms with Crippen molar-refractivity contribution >= 4 is 39.8 Å². The second-order valence-corrected chi connectivity index (χ2v) is 20.0. The lowest BCUT2D eigenvalue weighted by atomic mass is 9.82. The predicted molar refractivity (Wildman–Crippen MR) is 291 cm³/mol. The van der Waals surface area contributed by atoms with Gasteiger partial charge in [-0.05, 0) is 122 Å². The number of aliphatic hydroxyl groups is 1. The van der Waals surface area contributed by atoms with Gasteiger partial charge in [0.1, 0.15) is 30.0 Å². The number of unbranched alkanes of at least 4 members (excludes halogenated alkanes) is 1. The number of anilines is 1. The fourth-order valence-electron chi connectivity index (χ4n) is 11.2. The van der Waals surface area contributed by atoms with E-state index in [4.69, 9.17) is 14.5 Å². The number of carbonyl (C=O) groups excluding carboxylic acids is 2. The Kier molecular flexibility index (Phi) is 15.8. The third kappa shape index (κ3) is 11.0. The number of aryl methyl sites for hydroxylation is 2. The number of allylic oxidation sites excluding steroid dienone is 6. The number of aliphatic hydroxyl groups excluding tert-OH is 1. The van der Waals surface area contributed by atoms with Gasteiger partial charge in [-0.1, -0.05) is 92.3 Å². The van der Waals surface area contributed by atoms with Crippen LogP contribution >= 0.6 is 0 Å². The number of amides is 2. The van der Waals surface area contributed by atoms with Crippen molar-refractivity contribution in [2.24, 2.45) is 4.99 Å². The van der Waals surface area contributed by atoms with E-state index in [1.807, 2.05) is 85.0 Å². The van der Waals surface area contributed by atoms with Crippen molar-refractivity contribution in [2.75, 3.05) is 63.9 Å². The first-order chi connectivity index (χ1) is 36.2. The van der Waals surface area contributed by atoms with Crippen LogP contribution in [-0.2, 0) is 30.5 Å². The molecule has 1 aliphatic carbocycles. The summed E-state index contributed by atoms with van der Waals surface area (Å²) in [5.41, 5.74) is 9.42. The van der Waals surface area contributed by atoms with Gasteiger partial charge in [0, 0.05) is 103 Å². The molecule has 0 fully saturated rings. The molecule has 0 saturated heterocycles. The first-order valence-electron chi connectivity index (χ1n) is 26.7. The molecule has 10 rings (SSSR count). The van der Waals surface area contributed by atoms with Crippen LogP contribution in [-0.4, -0.2) is 98.0 Å². The Balaban J connectivity index is 0.910. The maximum atomic E-state index is 14.4. The molecule has 5 aliphatic rings. The minimum absolute atomic E-state index is 0.0952. The van der Waals surface area contributed by atoms with Crippen LogP contribution in [0.2, 0.25) is 0 Å². The van der Waals surface area contributed by atoms with Crippen LogP contribution in [0.15, 0.2) is 126 Å². The van der Waals surface area contributed by atoms with Crippen LogP contribution in [0.4, 0.5) is 5.69 Å². The number of rotatable bonds is 19. The maximum Gasteiger partial charge on any atom is 0.336 e. The van der Waals surface area contributed by atoms with Crippen molar-refractivity contribution in [3.8, 4) is 17.2 Å². The summed E-state index contributed by atoms with van der Waals surface area (Å²) >= 11 is 0. The molecule has 0 radical (unpaired) electrons. The van der Waals surface area contributed by atoms with E-state index in [9.17, 15) is 24.6 Å². The number of nitrogens with zero attached hydrogens (tertiary/aromatic N) is 3. The first kappa shape index (κ1) is 50.3. The smallest absolute Gasteiger partial charge is 0.336 e. The second-order valence-electron chi connectivity index (χ2n) is 20.0. The molecule has 382 valence electrons. The van der Waals surface area contributed by atoms with Crippen LogP contribution in [0.3, 0.4) is 0 Å². The van der Waals surface area contributed by atoms with Gasteiger partial charge in [-0.15, -0.1) is 0 Å². The highest BCUT2D eigenvalue weighted by molar-refractivity contribution is 6.02. The van der Waals surface area contributed by atoms with Gasteiger partial charge in [0.15, 0.2) is 0 Å². The Hall–Kier alpha value is -7.28. The Bertz CT molecular complexity index is 3220. The maximum absolute atomic E-state index is 14.4. The molecule has 0 unspecified atom stereocenters. The highest BCUT2D eigenvalue weighted by Gasteiger charge is 2.34. The molecule has 4 heterocycles. The monoisotopic (exact) mass is 994 g/mol. The highest BCUT2D eigenvalue weighted by atomic mass is 16.5. The molecule has 0 spiro atoms. The molecule has 0 saturated carbocycles. The Labute approximate surface area is 433 Å². The number of fused-ring (bicyclic) bond motifs is 6. The van der Waals surface area contributed by atoms with Crippen LogP contribution in [0.5, 0.6) is 17.2 Å². The zero-order valence-electron chi connectivity index (χ0n) is 42.5. The minimum Gasteiger partial charge on any atom is -0.490 e. The molecular formula is C62H67N5O7. The highest BCUT2D eigenvalue weighted by Crippen LogP contribution is 2.48. The van der Waals surface area contributed by atoms with Crippen LogP contribution < -0.4 is 35.6 Å². The molecule has 4 aliphatic heterocycles. The van der Waals surface area contributed by atoms with Crippen molar-refractivity contribution in [3.05, 3.63) is 176 Å². The number of hydrogen-bond acceptors (Lipinski definition) is 9. The lowest BCUT2D eigenvalue weighted by molar-refractivity contribution is -0.130. The normalized spacial score (nSPS) is 16.6. The number of benzene rings is 5. The molecule has 0 aromatic heterocycles. The van der Waals surface area contributed by atoms with E-state index in [1.54, 1.807) is 23.1 Å². The van der Waals surface area contributed by atoms with Crippen LogP contribution in [0.25, 0.3) is 16.3 Å². The van der Waals surface area contributed by atoms with E-state index in [0.29, 0.717) is 30.0 Å². The van der Waals surface area contributed by atoms with Gasteiger partial charge in [0.2, 0.25) is 5.91 Å². The fraction of sp³-hybridized carbons (Fsp3) is 0.355. The number of carboxylic acids is 1. The van der Waals surface area contributed by atoms with Crippen molar-refractivity contribution in [3.63, 3.8) is 0 Å². The molecule has 5 aromatic rings. The van der Waals surface area contributed by atoms with Gasteiger partial charge in [-0.2, -0.15) is 0 Å². The summed E-state index contributed by atoms with van der Waals surface area (Å²) in [5.74, 6) is 0.687. The average molecular weight is 994 g/mol. The lowest BCUT2D eigenvalue weighted by Crippen LogP contribution is -2.41. The number of carboxylic acid groups (broad SMARTS) is 1. The molecule has 12 heteroatoms. The molecule has 12 nitrogen and oxygen atoms in total. The average Bonchev–Trinajstić information content (AvgIpc) is 3.63. The molecule has 2 amide bonds. The van der Waals surface area contributed by atoms with E-state index >= 15 is 0 Å². The van der Waals surface area contributed by atoms with Crippen molar-refractivity contribution in [2.45, 2.75) is 83.7 Å². The van der Waals surface area contributed by atoms with E-state index in [2.05, 4.69) is 34.6 Å². The zero-order valence-corrected chi connectivity index (χ0v) is 42.5. The Morgan fingerprint density at radius 1 is 0.865 bits per heavy atom. The van der Waals surface area contributed by atoms with Crippen molar-refractivity contribution in [1.82, 2.24) is 15.5 Å². The summed E-state index contributed by atoms with van der Waals surface area (Å²) in [6.07, 6.45) is 22.5. The molecule has 4 N–H and O–H groups in total. The van der Waals surface area contributed by atoms with E-state index in [1.165, 1.54) is 16.8 Å². The minimum atomic E-state index is -1.08. The molecule has 74 heavy (non-hydrogen) atoms. The number of nitrogens with one attached hydrogen (secondary N) is 2.